The summed E-state index contributed by atoms with van der Waals surface area (Å²) in [6.07, 6.45) is 2.85. The summed E-state index contributed by atoms with van der Waals surface area (Å²) in [7, 11) is 0. The Morgan fingerprint density at radius 1 is 1.44 bits per heavy atom. The number of benzene rings is 1. The van der Waals surface area contributed by atoms with E-state index in [4.69, 9.17) is 4.74 Å². The summed E-state index contributed by atoms with van der Waals surface area (Å²) >= 11 is 0. The molecule has 4 heteroatoms. The van der Waals surface area contributed by atoms with E-state index in [2.05, 4.69) is 5.32 Å². The number of carbonyl (C=O) groups excluding carboxylic acids is 1. The molecule has 1 N–H and O–H groups in total. The molecule has 1 heterocycles. The largest absolute Gasteiger partial charge is 0.368 e. The van der Waals surface area contributed by atoms with Gasteiger partial charge in [0.05, 0.1) is 0 Å². The lowest BCUT2D eigenvalue weighted by atomic mass is 10.1. The van der Waals surface area contributed by atoms with Crippen molar-refractivity contribution in [1.82, 2.24) is 5.32 Å². The third kappa shape index (κ3) is 3.53. The van der Waals surface area contributed by atoms with E-state index in [1.807, 2.05) is 6.07 Å². The zero-order chi connectivity index (χ0) is 12.8. The molecule has 1 atom stereocenters. The van der Waals surface area contributed by atoms with Crippen molar-refractivity contribution in [3.8, 4) is 0 Å². The Hall–Kier alpha value is -1.42. The molecule has 0 radical (unpaired) electrons. The summed E-state index contributed by atoms with van der Waals surface area (Å²) in [6, 6.07) is 6.74. The molecule has 1 aromatic rings. The summed E-state index contributed by atoms with van der Waals surface area (Å²) < 4.78 is 18.6. The lowest BCUT2D eigenvalue weighted by Crippen LogP contribution is -2.34. The molecule has 0 bridgehead atoms. The van der Waals surface area contributed by atoms with Gasteiger partial charge in [0.25, 0.3) is 0 Å². The summed E-state index contributed by atoms with van der Waals surface area (Å²) in [5, 5.41) is 2.83. The number of hydrogen-bond acceptors (Lipinski definition) is 2. The predicted octanol–water partition coefficient (Wildman–Crippen LogP) is 2.05. The maximum Gasteiger partial charge on any atom is 0.249 e. The van der Waals surface area contributed by atoms with Gasteiger partial charge in [0.15, 0.2) is 0 Å². The molecule has 1 aliphatic heterocycles. The van der Waals surface area contributed by atoms with Gasteiger partial charge in [0.1, 0.15) is 11.9 Å². The van der Waals surface area contributed by atoms with E-state index < -0.39 is 0 Å². The number of nitrogens with one attached hydrogen (secondary N) is 1. The van der Waals surface area contributed by atoms with Gasteiger partial charge in [0, 0.05) is 13.2 Å². The molecule has 0 saturated carbocycles. The molecule has 98 valence electrons. The third-order valence-electron chi connectivity index (χ3n) is 3.10. The molecular formula is C14H18FNO2. The van der Waals surface area contributed by atoms with Gasteiger partial charge in [0.2, 0.25) is 5.91 Å². The number of hydrogen-bond donors (Lipinski definition) is 1. The number of ether oxygens (including phenoxy) is 1. The molecule has 0 spiro atoms. The van der Waals surface area contributed by atoms with Crippen molar-refractivity contribution in [1.29, 1.82) is 0 Å². The van der Waals surface area contributed by atoms with E-state index in [1.165, 1.54) is 6.07 Å². The van der Waals surface area contributed by atoms with Crippen molar-refractivity contribution in [3.63, 3.8) is 0 Å². The first-order valence-corrected chi connectivity index (χ1v) is 6.40. The molecule has 1 aromatic carbocycles. The van der Waals surface area contributed by atoms with Crippen LogP contribution in [0.4, 0.5) is 4.39 Å². The lowest BCUT2D eigenvalue weighted by Gasteiger charge is -2.10. The number of aryl methyl sites for hydroxylation is 1. The highest BCUT2D eigenvalue weighted by atomic mass is 19.1. The zero-order valence-electron chi connectivity index (χ0n) is 10.3. The number of amides is 1. The van der Waals surface area contributed by atoms with Gasteiger partial charge in [-0.3, -0.25) is 4.79 Å². The van der Waals surface area contributed by atoms with Crippen molar-refractivity contribution < 1.29 is 13.9 Å². The van der Waals surface area contributed by atoms with Crippen LogP contribution in [0.25, 0.3) is 0 Å². The van der Waals surface area contributed by atoms with Gasteiger partial charge < -0.3 is 10.1 Å². The minimum absolute atomic E-state index is 0.0407. The number of rotatable bonds is 5. The summed E-state index contributed by atoms with van der Waals surface area (Å²) in [6.45, 7) is 1.24. The summed E-state index contributed by atoms with van der Waals surface area (Å²) in [5.74, 6) is -0.219. The average molecular weight is 251 g/mol. The van der Waals surface area contributed by atoms with Crippen molar-refractivity contribution in [2.45, 2.75) is 31.8 Å². The van der Waals surface area contributed by atoms with Gasteiger partial charge in [-0.25, -0.2) is 4.39 Å². The van der Waals surface area contributed by atoms with Crippen LogP contribution in [0.5, 0.6) is 0 Å². The zero-order valence-corrected chi connectivity index (χ0v) is 10.3. The van der Waals surface area contributed by atoms with Crippen LogP contribution in [0, 0.1) is 5.82 Å². The van der Waals surface area contributed by atoms with Crippen LogP contribution >= 0.6 is 0 Å². The maximum absolute atomic E-state index is 13.3. The van der Waals surface area contributed by atoms with Gasteiger partial charge in [-0.2, -0.15) is 0 Å². The quantitative estimate of drug-likeness (QED) is 0.813. The molecule has 1 saturated heterocycles. The lowest BCUT2D eigenvalue weighted by molar-refractivity contribution is -0.130. The molecule has 0 aliphatic carbocycles. The number of halogens is 1. The molecule has 1 unspecified atom stereocenters. The molecular weight excluding hydrogens is 233 g/mol. The molecule has 1 aliphatic rings. The first kappa shape index (κ1) is 13.0. The normalized spacial score (nSPS) is 18.8. The van der Waals surface area contributed by atoms with Crippen LogP contribution in [-0.4, -0.2) is 25.2 Å². The maximum atomic E-state index is 13.3. The van der Waals surface area contributed by atoms with Crippen molar-refractivity contribution >= 4 is 5.91 Å². The van der Waals surface area contributed by atoms with Gasteiger partial charge >= 0.3 is 0 Å². The molecule has 0 aromatic heterocycles. The van der Waals surface area contributed by atoms with Crippen LogP contribution in [0.1, 0.15) is 24.8 Å². The highest BCUT2D eigenvalue weighted by molar-refractivity contribution is 5.80. The van der Waals surface area contributed by atoms with Crippen LogP contribution in [0.15, 0.2) is 24.3 Å². The topological polar surface area (TPSA) is 38.3 Å². The second-order valence-corrected chi connectivity index (χ2v) is 4.49. The highest BCUT2D eigenvalue weighted by Gasteiger charge is 2.22. The minimum Gasteiger partial charge on any atom is -0.368 e. The molecule has 3 nitrogen and oxygen atoms in total. The van der Waals surface area contributed by atoms with Crippen molar-refractivity contribution in [3.05, 3.63) is 35.6 Å². The summed E-state index contributed by atoms with van der Waals surface area (Å²) in [4.78, 5) is 11.6. The van der Waals surface area contributed by atoms with E-state index in [-0.39, 0.29) is 17.8 Å². The SMILES string of the molecule is O=C(NCCCc1ccccc1F)C1CCCO1. The summed E-state index contributed by atoms with van der Waals surface area (Å²) in [5.41, 5.74) is 0.698. The monoisotopic (exact) mass is 251 g/mol. The first-order chi connectivity index (χ1) is 8.77. The third-order valence-corrected chi connectivity index (χ3v) is 3.10. The molecule has 2 rings (SSSR count). The molecule has 18 heavy (non-hydrogen) atoms. The van der Waals surface area contributed by atoms with Crippen LogP contribution in [-0.2, 0) is 16.0 Å². The minimum atomic E-state index is -0.279. The fourth-order valence-corrected chi connectivity index (χ4v) is 2.09. The second-order valence-electron chi connectivity index (χ2n) is 4.49. The Kier molecular flexibility index (Phi) is 4.70. The molecule has 1 fully saturated rings. The van der Waals surface area contributed by atoms with E-state index in [9.17, 15) is 9.18 Å². The van der Waals surface area contributed by atoms with E-state index in [0.29, 0.717) is 25.1 Å². The standard InChI is InChI=1S/C14H18FNO2/c15-12-7-2-1-5-11(12)6-3-9-16-14(17)13-8-4-10-18-13/h1-2,5,7,13H,3-4,6,8-10H2,(H,16,17). The van der Waals surface area contributed by atoms with Gasteiger partial charge in [-0.1, -0.05) is 18.2 Å². The van der Waals surface area contributed by atoms with E-state index in [1.54, 1.807) is 12.1 Å². The second kappa shape index (κ2) is 6.50. The van der Waals surface area contributed by atoms with Crippen LogP contribution in [0.3, 0.4) is 0 Å². The van der Waals surface area contributed by atoms with Gasteiger partial charge in [-0.15, -0.1) is 0 Å². The smallest absolute Gasteiger partial charge is 0.249 e. The van der Waals surface area contributed by atoms with Crippen molar-refractivity contribution in [2.24, 2.45) is 0 Å². The Morgan fingerprint density at radius 3 is 3.00 bits per heavy atom. The fourth-order valence-electron chi connectivity index (χ4n) is 2.09. The van der Waals surface area contributed by atoms with Crippen LogP contribution in [0.2, 0.25) is 0 Å². The van der Waals surface area contributed by atoms with E-state index in [0.717, 1.165) is 19.3 Å². The molecule has 1 amide bonds. The van der Waals surface area contributed by atoms with Crippen LogP contribution < -0.4 is 5.32 Å². The van der Waals surface area contributed by atoms with Gasteiger partial charge in [-0.05, 0) is 37.3 Å². The Bertz CT molecular complexity index is 403. The van der Waals surface area contributed by atoms with E-state index >= 15 is 0 Å². The predicted molar refractivity (Wildman–Crippen MR) is 66.7 cm³/mol. The Labute approximate surface area is 106 Å². The average Bonchev–Trinajstić information content (AvgIpc) is 2.90. The number of carbonyl (C=O) groups is 1. The highest BCUT2D eigenvalue weighted by Crippen LogP contribution is 2.12. The first-order valence-electron chi connectivity index (χ1n) is 6.40. The Morgan fingerprint density at radius 2 is 2.28 bits per heavy atom. The Balaban J connectivity index is 1.67. The fraction of sp³-hybridized carbons (Fsp3) is 0.500. The van der Waals surface area contributed by atoms with Crippen molar-refractivity contribution in [2.75, 3.05) is 13.2 Å².